The third-order valence-electron chi connectivity index (χ3n) is 4.21. The highest BCUT2D eigenvalue weighted by atomic mass is 32.1. The number of aromatic amines is 1. The normalized spacial score (nSPS) is 11.2. The first-order chi connectivity index (χ1) is 12.6. The molecule has 7 heteroatoms. The second-order valence-electron chi connectivity index (χ2n) is 6.21. The molecule has 1 aromatic carbocycles. The quantitative estimate of drug-likeness (QED) is 0.568. The highest BCUT2D eigenvalue weighted by Gasteiger charge is 2.13. The molecule has 2 N–H and O–H groups in total. The molecule has 0 saturated carbocycles. The van der Waals surface area contributed by atoms with Crippen LogP contribution in [0.2, 0.25) is 0 Å². The Morgan fingerprint density at radius 3 is 2.88 bits per heavy atom. The number of carbonyl (C=O) groups excluding carboxylic acids is 1. The van der Waals surface area contributed by atoms with Crippen molar-refractivity contribution in [3.63, 3.8) is 0 Å². The molecule has 0 saturated heterocycles. The van der Waals surface area contributed by atoms with Crippen LogP contribution < -0.4 is 5.32 Å². The number of fused-ring (bicyclic) bond motifs is 1. The van der Waals surface area contributed by atoms with Gasteiger partial charge in [-0.25, -0.2) is 4.98 Å². The third kappa shape index (κ3) is 3.25. The number of para-hydroxylation sites is 1. The van der Waals surface area contributed by atoms with Gasteiger partial charge in [0.15, 0.2) is 0 Å². The van der Waals surface area contributed by atoms with E-state index in [0.717, 1.165) is 33.0 Å². The Bertz CT molecular complexity index is 1040. The smallest absolute Gasteiger partial charge is 0.270 e. The molecule has 0 spiro atoms. The van der Waals surface area contributed by atoms with E-state index < -0.39 is 0 Å². The van der Waals surface area contributed by atoms with Gasteiger partial charge in [0.2, 0.25) is 0 Å². The van der Waals surface area contributed by atoms with E-state index >= 15 is 0 Å². The molecule has 4 aromatic rings. The predicted octanol–water partition coefficient (Wildman–Crippen LogP) is 3.53. The van der Waals surface area contributed by atoms with Crippen molar-refractivity contribution in [3.05, 3.63) is 58.9 Å². The maximum absolute atomic E-state index is 12.3. The first-order valence-electron chi connectivity index (χ1n) is 8.43. The van der Waals surface area contributed by atoms with Gasteiger partial charge in [-0.1, -0.05) is 18.2 Å². The fraction of sp³-hybridized carbons (Fsp3) is 0.211. The molecule has 3 heterocycles. The average molecular weight is 365 g/mol. The van der Waals surface area contributed by atoms with Crippen molar-refractivity contribution >= 4 is 28.1 Å². The van der Waals surface area contributed by atoms with Gasteiger partial charge in [-0.05, 0) is 32.0 Å². The lowest BCUT2D eigenvalue weighted by Crippen LogP contribution is -2.28. The average Bonchev–Trinajstić information content (AvgIpc) is 3.32. The van der Waals surface area contributed by atoms with Gasteiger partial charge in [0.05, 0.1) is 17.9 Å². The molecule has 0 unspecified atom stereocenters. The topological polar surface area (TPSA) is 75.6 Å². The summed E-state index contributed by atoms with van der Waals surface area (Å²) < 4.78 is 1.90. The molecule has 26 heavy (non-hydrogen) atoms. The molecule has 0 fully saturated rings. The minimum Gasteiger partial charge on any atom is -0.353 e. The van der Waals surface area contributed by atoms with Crippen molar-refractivity contribution in [1.29, 1.82) is 0 Å². The molecular weight excluding hydrogens is 346 g/mol. The monoisotopic (exact) mass is 365 g/mol. The van der Waals surface area contributed by atoms with Crippen LogP contribution in [0.4, 0.5) is 0 Å². The first kappa shape index (κ1) is 16.5. The Balaban J connectivity index is 1.42. The maximum Gasteiger partial charge on any atom is 0.270 e. The van der Waals surface area contributed by atoms with Crippen molar-refractivity contribution in [2.24, 2.45) is 0 Å². The zero-order valence-electron chi connectivity index (χ0n) is 14.6. The van der Waals surface area contributed by atoms with E-state index in [9.17, 15) is 4.79 Å². The van der Waals surface area contributed by atoms with E-state index in [4.69, 9.17) is 0 Å². The molecule has 3 aromatic heterocycles. The highest BCUT2D eigenvalue weighted by molar-refractivity contribution is 7.13. The summed E-state index contributed by atoms with van der Waals surface area (Å²) in [6, 6.07) is 12.2. The zero-order valence-corrected chi connectivity index (χ0v) is 15.4. The standard InChI is InChI=1S/C19H19N5OS/c1-12-9-13(2)24(23-12)8-7-20-18(25)17-11-26-19(22-17)16-10-14-5-3-4-6-15(14)21-16/h3-6,9-11,21H,7-8H2,1-2H3,(H,20,25). The number of amides is 1. The molecule has 0 bridgehead atoms. The van der Waals surface area contributed by atoms with Gasteiger partial charge in [-0.3, -0.25) is 9.48 Å². The fourth-order valence-electron chi connectivity index (χ4n) is 2.96. The maximum atomic E-state index is 12.3. The van der Waals surface area contributed by atoms with E-state index in [0.29, 0.717) is 18.8 Å². The van der Waals surface area contributed by atoms with Gasteiger partial charge >= 0.3 is 0 Å². The Hall–Kier alpha value is -2.93. The Morgan fingerprint density at radius 2 is 2.12 bits per heavy atom. The molecule has 0 aliphatic heterocycles. The number of aryl methyl sites for hydroxylation is 2. The number of hydrogen-bond donors (Lipinski definition) is 2. The van der Waals surface area contributed by atoms with E-state index in [2.05, 4.69) is 32.5 Å². The second-order valence-corrected chi connectivity index (χ2v) is 7.07. The van der Waals surface area contributed by atoms with Crippen LogP contribution in [0, 0.1) is 13.8 Å². The molecule has 132 valence electrons. The SMILES string of the molecule is Cc1cc(C)n(CCNC(=O)c2csc(-c3cc4ccccc4[nH]3)n2)n1. The minimum absolute atomic E-state index is 0.162. The number of aromatic nitrogens is 4. The number of nitrogens with zero attached hydrogens (tertiary/aromatic N) is 3. The molecule has 0 aliphatic rings. The lowest BCUT2D eigenvalue weighted by atomic mass is 10.2. The van der Waals surface area contributed by atoms with Crippen molar-refractivity contribution < 1.29 is 4.79 Å². The van der Waals surface area contributed by atoms with Crippen LogP contribution in [0.5, 0.6) is 0 Å². The molecule has 0 radical (unpaired) electrons. The predicted molar refractivity (Wildman–Crippen MR) is 103 cm³/mol. The molecule has 6 nitrogen and oxygen atoms in total. The van der Waals surface area contributed by atoms with Crippen LogP contribution in [-0.4, -0.2) is 32.2 Å². The molecular formula is C19H19N5OS. The van der Waals surface area contributed by atoms with Crippen molar-refractivity contribution in [2.75, 3.05) is 6.54 Å². The van der Waals surface area contributed by atoms with E-state index in [-0.39, 0.29) is 5.91 Å². The van der Waals surface area contributed by atoms with Crippen LogP contribution >= 0.6 is 11.3 Å². The summed E-state index contributed by atoms with van der Waals surface area (Å²) in [5.74, 6) is -0.162. The fourth-order valence-corrected chi connectivity index (χ4v) is 3.73. The van der Waals surface area contributed by atoms with Crippen LogP contribution in [0.3, 0.4) is 0 Å². The lowest BCUT2D eigenvalue weighted by molar-refractivity contribution is 0.0947. The van der Waals surface area contributed by atoms with Gasteiger partial charge in [-0.15, -0.1) is 11.3 Å². The minimum atomic E-state index is -0.162. The third-order valence-corrected chi connectivity index (χ3v) is 5.09. The van der Waals surface area contributed by atoms with E-state index in [1.807, 2.05) is 42.8 Å². The Morgan fingerprint density at radius 1 is 1.27 bits per heavy atom. The van der Waals surface area contributed by atoms with Gasteiger partial charge < -0.3 is 10.3 Å². The van der Waals surface area contributed by atoms with Crippen LogP contribution in [-0.2, 0) is 6.54 Å². The van der Waals surface area contributed by atoms with Crippen molar-refractivity contribution in [3.8, 4) is 10.7 Å². The summed E-state index contributed by atoms with van der Waals surface area (Å²) in [5, 5.41) is 11.0. The summed E-state index contributed by atoms with van der Waals surface area (Å²) in [6.45, 7) is 5.13. The van der Waals surface area contributed by atoms with E-state index in [1.165, 1.54) is 11.3 Å². The summed E-state index contributed by atoms with van der Waals surface area (Å²) in [7, 11) is 0. The molecule has 4 rings (SSSR count). The van der Waals surface area contributed by atoms with Gasteiger partial charge in [0.25, 0.3) is 5.91 Å². The van der Waals surface area contributed by atoms with Gasteiger partial charge in [0.1, 0.15) is 10.7 Å². The Kier molecular flexibility index (Phi) is 4.30. The number of hydrogen-bond acceptors (Lipinski definition) is 4. The summed E-state index contributed by atoms with van der Waals surface area (Å²) in [4.78, 5) is 20.2. The number of thiazole rings is 1. The second kappa shape index (κ2) is 6.76. The number of H-pyrrole nitrogens is 1. The van der Waals surface area contributed by atoms with Crippen LogP contribution in [0.25, 0.3) is 21.6 Å². The number of rotatable bonds is 5. The van der Waals surface area contributed by atoms with E-state index in [1.54, 1.807) is 5.38 Å². The largest absolute Gasteiger partial charge is 0.353 e. The van der Waals surface area contributed by atoms with Crippen LogP contribution in [0.15, 0.2) is 41.8 Å². The van der Waals surface area contributed by atoms with Crippen molar-refractivity contribution in [1.82, 2.24) is 25.1 Å². The Labute approximate surface area is 154 Å². The summed E-state index contributed by atoms with van der Waals surface area (Å²) in [5.41, 5.74) is 4.51. The lowest BCUT2D eigenvalue weighted by Gasteiger charge is -2.05. The molecule has 0 aliphatic carbocycles. The van der Waals surface area contributed by atoms with Gasteiger partial charge in [-0.2, -0.15) is 5.10 Å². The highest BCUT2D eigenvalue weighted by Crippen LogP contribution is 2.26. The van der Waals surface area contributed by atoms with Gasteiger partial charge in [0, 0.05) is 28.5 Å². The molecule has 0 atom stereocenters. The zero-order chi connectivity index (χ0) is 18.1. The summed E-state index contributed by atoms with van der Waals surface area (Å²) >= 11 is 1.46. The summed E-state index contributed by atoms with van der Waals surface area (Å²) in [6.07, 6.45) is 0. The van der Waals surface area contributed by atoms with Crippen LogP contribution in [0.1, 0.15) is 21.9 Å². The van der Waals surface area contributed by atoms with Crippen molar-refractivity contribution in [2.45, 2.75) is 20.4 Å². The number of nitrogens with one attached hydrogen (secondary N) is 2. The number of benzene rings is 1. The first-order valence-corrected chi connectivity index (χ1v) is 9.31. The number of carbonyl (C=O) groups is 1. The molecule has 1 amide bonds.